The molecule has 0 aliphatic carbocycles. The Labute approximate surface area is 86.2 Å². The van der Waals surface area contributed by atoms with E-state index in [4.69, 9.17) is 20.1 Å². The maximum Gasteiger partial charge on any atom is 0.350 e. The highest BCUT2D eigenvalue weighted by Gasteiger charge is 2.16. The number of carbonyl (C=O) groups excluding carboxylic acids is 1. The Balaban J connectivity index is 3.71. The van der Waals surface area contributed by atoms with Gasteiger partial charge in [-0.15, -0.1) is 0 Å². The second kappa shape index (κ2) is 6.16. The predicted molar refractivity (Wildman–Crippen MR) is 48.0 cm³/mol. The van der Waals surface area contributed by atoms with Crippen LogP contribution in [0.4, 0.5) is 0 Å². The van der Waals surface area contributed by atoms with Gasteiger partial charge in [-0.3, -0.25) is 14.6 Å². The van der Waals surface area contributed by atoms with Crippen molar-refractivity contribution >= 4 is 13.5 Å². The lowest BCUT2D eigenvalue weighted by molar-refractivity contribution is -0.169. The van der Waals surface area contributed by atoms with Crippen molar-refractivity contribution in [3.05, 3.63) is 0 Å². The Kier molecular flexibility index (Phi) is 5.96. The molecule has 4 N–H and O–H groups in total. The number of nitrogens with zero attached hydrogens (tertiary/aromatic N) is 1. The van der Waals surface area contributed by atoms with Crippen molar-refractivity contribution in [2.75, 3.05) is 19.5 Å². The molecule has 9 heteroatoms. The van der Waals surface area contributed by atoms with E-state index in [1.807, 2.05) is 0 Å². The van der Waals surface area contributed by atoms with Gasteiger partial charge in [0.05, 0.1) is 19.3 Å². The largest absolute Gasteiger partial charge is 0.389 e. The second-order valence-corrected chi connectivity index (χ2v) is 4.51. The van der Waals surface area contributed by atoms with Crippen LogP contribution in [-0.2, 0) is 14.1 Å². The van der Waals surface area contributed by atoms with E-state index in [1.165, 1.54) is 0 Å². The molecular formula is C6H14NO7P. The van der Waals surface area contributed by atoms with E-state index in [0.717, 1.165) is 6.92 Å². The van der Waals surface area contributed by atoms with Crippen LogP contribution in [0.15, 0.2) is 0 Å². The first-order chi connectivity index (χ1) is 6.72. The van der Waals surface area contributed by atoms with Gasteiger partial charge in [-0.1, -0.05) is 0 Å². The van der Waals surface area contributed by atoms with Crippen LogP contribution in [0.1, 0.15) is 6.92 Å². The fraction of sp³-hybridized carbons (Fsp3) is 0.833. The summed E-state index contributed by atoms with van der Waals surface area (Å²) in [6.45, 7) is 0.342. The summed E-state index contributed by atoms with van der Waals surface area (Å²) in [6.07, 6.45) is -2.01. The lowest BCUT2D eigenvalue weighted by Crippen LogP contribution is -2.35. The molecule has 0 aliphatic rings. The Hall–Kier alpha value is -0.500. The fourth-order valence-electron chi connectivity index (χ4n) is 0.689. The van der Waals surface area contributed by atoms with Crippen molar-refractivity contribution < 1.29 is 34.2 Å². The Morgan fingerprint density at radius 1 is 1.53 bits per heavy atom. The standard InChI is InChI=1S/C6H14NO7P/c1-5(8)7(10)2-6(9)3-14-4-15(11,12)13/h6,9-10H,2-4H2,1H3,(H2,11,12,13). The third kappa shape index (κ3) is 8.49. The smallest absolute Gasteiger partial charge is 0.350 e. The summed E-state index contributed by atoms with van der Waals surface area (Å²) in [7, 11) is -4.25. The van der Waals surface area contributed by atoms with Gasteiger partial charge in [0.2, 0.25) is 5.91 Å². The second-order valence-electron chi connectivity index (χ2n) is 2.92. The van der Waals surface area contributed by atoms with E-state index in [-0.39, 0.29) is 18.2 Å². The van der Waals surface area contributed by atoms with Crippen molar-refractivity contribution in [3.63, 3.8) is 0 Å². The number of rotatable bonds is 6. The molecule has 0 saturated heterocycles. The molecule has 0 radical (unpaired) electrons. The van der Waals surface area contributed by atoms with E-state index >= 15 is 0 Å². The molecule has 0 saturated carbocycles. The average Bonchev–Trinajstić information content (AvgIpc) is 2.01. The summed E-state index contributed by atoms with van der Waals surface area (Å²) in [5, 5.41) is 18.3. The van der Waals surface area contributed by atoms with Crippen LogP contribution in [-0.4, -0.2) is 56.7 Å². The Morgan fingerprint density at radius 2 is 2.07 bits per heavy atom. The number of ether oxygens (including phenoxy) is 1. The SMILES string of the molecule is CC(=O)N(O)CC(O)COCP(=O)(O)O. The molecule has 8 nitrogen and oxygen atoms in total. The van der Waals surface area contributed by atoms with Crippen molar-refractivity contribution in [2.24, 2.45) is 0 Å². The number of aliphatic hydroxyl groups is 1. The van der Waals surface area contributed by atoms with Crippen LogP contribution in [0, 0.1) is 0 Å². The van der Waals surface area contributed by atoms with E-state index in [2.05, 4.69) is 4.74 Å². The highest BCUT2D eigenvalue weighted by molar-refractivity contribution is 7.51. The van der Waals surface area contributed by atoms with Gasteiger partial charge in [0.15, 0.2) is 0 Å². The van der Waals surface area contributed by atoms with E-state index in [1.54, 1.807) is 0 Å². The Morgan fingerprint density at radius 3 is 2.47 bits per heavy atom. The van der Waals surface area contributed by atoms with Crippen LogP contribution in [0.25, 0.3) is 0 Å². The number of hydrogen-bond acceptors (Lipinski definition) is 5. The molecule has 0 aliphatic heterocycles. The number of hydrogen-bond donors (Lipinski definition) is 4. The zero-order chi connectivity index (χ0) is 12.1. The molecule has 90 valence electrons. The van der Waals surface area contributed by atoms with Crippen molar-refractivity contribution in [2.45, 2.75) is 13.0 Å². The van der Waals surface area contributed by atoms with Gasteiger partial charge in [-0.05, 0) is 0 Å². The molecule has 15 heavy (non-hydrogen) atoms. The molecule has 0 aromatic heterocycles. The average molecular weight is 243 g/mol. The van der Waals surface area contributed by atoms with Gasteiger partial charge in [0, 0.05) is 6.92 Å². The minimum atomic E-state index is -4.25. The zero-order valence-electron chi connectivity index (χ0n) is 8.11. The first kappa shape index (κ1) is 14.5. The quantitative estimate of drug-likeness (QED) is 0.260. The minimum absolute atomic E-state index is 0.283. The van der Waals surface area contributed by atoms with Crippen LogP contribution >= 0.6 is 7.60 Å². The lowest BCUT2D eigenvalue weighted by atomic mass is 10.4. The van der Waals surface area contributed by atoms with Gasteiger partial charge in [-0.25, -0.2) is 5.06 Å². The lowest BCUT2D eigenvalue weighted by Gasteiger charge is -2.17. The first-order valence-electron chi connectivity index (χ1n) is 3.99. The van der Waals surface area contributed by atoms with Crippen molar-refractivity contribution in [1.29, 1.82) is 0 Å². The molecule has 0 bridgehead atoms. The van der Waals surface area contributed by atoms with Crippen LogP contribution in [0.2, 0.25) is 0 Å². The van der Waals surface area contributed by atoms with Crippen molar-refractivity contribution in [1.82, 2.24) is 5.06 Å². The summed E-state index contributed by atoms with van der Waals surface area (Å²) in [4.78, 5) is 27.3. The maximum atomic E-state index is 10.5. The fourth-order valence-corrected chi connectivity index (χ4v) is 1.03. The maximum absolute atomic E-state index is 10.5. The minimum Gasteiger partial charge on any atom is -0.389 e. The number of hydroxylamine groups is 2. The summed E-state index contributed by atoms with van der Waals surface area (Å²) < 4.78 is 14.8. The van der Waals surface area contributed by atoms with E-state index in [9.17, 15) is 9.36 Å². The number of carbonyl (C=O) groups is 1. The molecular weight excluding hydrogens is 229 g/mol. The Bertz CT molecular complexity index is 252. The third-order valence-electron chi connectivity index (χ3n) is 1.32. The molecule has 1 atom stereocenters. The first-order valence-corrected chi connectivity index (χ1v) is 5.79. The highest BCUT2D eigenvalue weighted by Crippen LogP contribution is 2.33. The molecule has 1 amide bonds. The molecule has 0 fully saturated rings. The van der Waals surface area contributed by atoms with E-state index in [0.29, 0.717) is 0 Å². The molecule has 0 aromatic rings. The van der Waals surface area contributed by atoms with E-state index < -0.39 is 26.0 Å². The van der Waals surface area contributed by atoms with Crippen LogP contribution in [0.5, 0.6) is 0 Å². The summed E-state index contributed by atoms with van der Waals surface area (Å²) in [5.41, 5.74) is 0. The molecule has 1 unspecified atom stereocenters. The summed E-state index contributed by atoms with van der Waals surface area (Å²) >= 11 is 0. The summed E-state index contributed by atoms with van der Waals surface area (Å²) in [6, 6.07) is 0. The van der Waals surface area contributed by atoms with Gasteiger partial charge in [-0.2, -0.15) is 0 Å². The number of aliphatic hydroxyl groups excluding tert-OH is 1. The molecule has 0 aromatic carbocycles. The van der Waals surface area contributed by atoms with Gasteiger partial charge in [0.25, 0.3) is 0 Å². The monoisotopic (exact) mass is 243 g/mol. The molecule has 0 spiro atoms. The van der Waals surface area contributed by atoms with Crippen molar-refractivity contribution in [3.8, 4) is 0 Å². The predicted octanol–water partition coefficient (Wildman–Crippen LogP) is -1.26. The molecule has 0 rings (SSSR count). The van der Waals surface area contributed by atoms with Crippen LogP contribution < -0.4 is 0 Å². The van der Waals surface area contributed by atoms with Crippen LogP contribution in [0.3, 0.4) is 0 Å². The highest BCUT2D eigenvalue weighted by atomic mass is 31.2. The van der Waals surface area contributed by atoms with Gasteiger partial charge in [0.1, 0.15) is 6.35 Å². The van der Waals surface area contributed by atoms with Gasteiger partial charge < -0.3 is 19.6 Å². The molecule has 0 heterocycles. The normalized spacial score (nSPS) is 13.7. The number of amides is 1. The topological polar surface area (TPSA) is 128 Å². The third-order valence-corrected chi connectivity index (χ3v) is 1.84. The van der Waals surface area contributed by atoms with Gasteiger partial charge >= 0.3 is 7.60 Å². The summed E-state index contributed by atoms with van der Waals surface area (Å²) in [5.74, 6) is -0.649. The zero-order valence-corrected chi connectivity index (χ0v) is 9.00.